The summed E-state index contributed by atoms with van der Waals surface area (Å²) in [4.78, 5) is 26.1. The summed E-state index contributed by atoms with van der Waals surface area (Å²) in [5.41, 5.74) is 0.0354. The van der Waals surface area contributed by atoms with Crippen LogP contribution < -0.4 is 5.32 Å². The van der Waals surface area contributed by atoms with Crippen LogP contribution in [0.15, 0.2) is 45.9 Å². The van der Waals surface area contributed by atoms with E-state index in [-0.39, 0.29) is 34.5 Å². The van der Waals surface area contributed by atoms with Gasteiger partial charge < -0.3 is 14.6 Å². The summed E-state index contributed by atoms with van der Waals surface area (Å²) >= 11 is 6.14. The summed E-state index contributed by atoms with van der Waals surface area (Å²) in [6.07, 6.45) is 3.13. The number of hydrogen-bond acceptors (Lipinski definition) is 5. The molecule has 1 aromatic heterocycles. The number of hydrogen-bond donors (Lipinski definition) is 1. The van der Waals surface area contributed by atoms with Crippen molar-refractivity contribution in [3.05, 3.63) is 52.9 Å². The maximum Gasteiger partial charge on any atom is 0.255 e. The van der Waals surface area contributed by atoms with Crippen LogP contribution in [0.4, 0.5) is 0 Å². The van der Waals surface area contributed by atoms with Crippen molar-refractivity contribution in [1.82, 2.24) is 14.5 Å². The summed E-state index contributed by atoms with van der Waals surface area (Å²) < 4.78 is 32.0. The normalized spacial score (nSPS) is 14.7. The molecule has 0 unspecified atom stereocenters. The second-order valence-electron chi connectivity index (χ2n) is 6.77. The summed E-state index contributed by atoms with van der Waals surface area (Å²) in [5, 5.41) is 2.77. The lowest BCUT2D eigenvalue weighted by Crippen LogP contribution is -2.38. The van der Waals surface area contributed by atoms with Crippen molar-refractivity contribution in [2.75, 3.05) is 26.7 Å². The Morgan fingerprint density at radius 1 is 1.24 bits per heavy atom. The van der Waals surface area contributed by atoms with E-state index in [0.717, 1.165) is 12.8 Å². The third-order valence-electron chi connectivity index (χ3n) is 4.64. The highest BCUT2D eigenvalue weighted by Crippen LogP contribution is 2.26. The van der Waals surface area contributed by atoms with Gasteiger partial charge >= 0.3 is 0 Å². The van der Waals surface area contributed by atoms with Crippen LogP contribution in [0.1, 0.15) is 29.0 Å². The summed E-state index contributed by atoms with van der Waals surface area (Å²) in [7, 11) is -2.23. The van der Waals surface area contributed by atoms with Crippen LogP contribution in [-0.2, 0) is 21.4 Å². The standard InChI is InChI=1S/C19H22ClN3O5S/c1-22(13-18(24)21-12-14-5-4-10-28-14)19(25)16-11-15(6-7-17(16)20)29(26,27)23-8-2-3-9-23/h4-7,10-11H,2-3,8-9,12-13H2,1H3,(H,21,24). The number of sulfonamides is 1. The minimum atomic E-state index is -3.68. The number of carbonyl (C=O) groups excluding carboxylic acids is 2. The predicted molar refractivity (Wildman–Crippen MR) is 107 cm³/mol. The van der Waals surface area contributed by atoms with Gasteiger partial charge in [0.15, 0.2) is 0 Å². The largest absolute Gasteiger partial charge is 0.467 e. The monoisotopic (exact) mass is 439 g/mol. The lowest BCUT2D eigenvalue weighted by atomic mass is 10.2. The molecular formula is C19H22ClN3O5S. The van der Waals surface area contributed by atoms with Gasteiger partial charge in [-0.05, 0) is 43.2 Å². The molecule has 2 aromatic rings. The van der Waals surface area contributed by atoms with Crippen molar-refractivity contribution >= 4 is 33.4 Å². The van der Waals surface area contributed by atoms with Crippen LogP contribution in [0.2, 0.25) is 5.02 Å². The lowest BCUT2D eigenvalue weighted by molar-refractivity contribution is -0.121. The molecule has 3 rings (SSSR count). The summed E-state index contributed by atoms with van der Waals surface area (Å²) in [6.45, 7) is 0.922. The van der Waals surface area contributed by atoms with Gasteiger partial charge in [-0.2, -0.15) is 4.31 Å². The molecule has 0 spiro atoms. The molecule has 0 atom stereocenters. The van der Waals surface area contributed by atoms with Crippen molar-refractivity contribution < 1.29 is 22.4 Å². The van der Waals surface area contributed by atoms with Crippen LogP contribution in [0.5, 0.6) is 0 Å². The Morgan fingerprint density at radius 3 is 2.62 bits per heavy atom. The van der Waals surface area contributed by atoms with E-state index in [1.54, 1.807) is 12.1 Å². The van der Waals surface area contributed by atoms with Gasteiger partial charge in [-0.3, -0.25) is 9.59 Å². The number of likely N-dealkylation sites (N-methyl/N-ethyl adjacent to an activating group) is 1. The molecule has 1 N–H and O–H groups in total. The average Bonchev–Trinajstić information content (AvgIpc) is 3.40. The Hall–Kier alpha value is -2.36. The van der Waals surface area contributed by atoms with E-state index in [4.69, 9.17) is 16.0 Å². The first-order valence-electron chi connectivity index (χ1n) is 9.13. The summed E-state index contributed by atoms with van der Waals surface area (Å²) in [5.74, 6) is -0.328. The van der Waals surface area contributed by atoms with E-state index in [0.29, 0.717) is 18.8 Å². The quantitative estimate of drug-likeness (QED) is 0.712. The molecule has 156 valence electrons. The lowest BCUT2D eigenvalue weighted by Gasteiger charge is -2.19. The first-order chi connectivity index (χ1) is 13.8. The van der Waals surface area contributed by atoms with Gasteiger partial charge in [0.25, 0.3) is 5.91 Å². The second-order valence-corrected chi connectivity index (χ2v) is 9.12. The number of carbonyl (C=O) groups is 2. The number of amides is 2. The molecule has 8 nitrogen and oxygen atoms in total. The topological polar surface area (TPSA) is 99.9 Å². The molecule has 0 aliphatic carbocycles. The van der Waals surface area contributed by atoms with Crippen LogP contribution in [-0.4, -0.2) is 56.1 Å². The van der Waals surface area contributed by atoms with Crippen molar-refractivity contribution in [1.29, 1.82) is 0 Å². The van der Waals surface area contributed by atoms with Crippen molar-refractivity contribution in [2.24, 2.45) is 0 Å². The molecule has 29 heavy (non-hydrogen) atoms. The van der Waals surface area contributed by atoms with Crippen LogP contribution in [0.25, 0.3) is 0 Å². The minimum Gasteiger partial charge on any atom is -0.467 e. The second kappa shape index (κ2) is 8.98. The Morgan fingerprint density at radius 2 is 1.97 bits per heavy atom. The average molecular weight is 440 g/mol. The van der Waals surface area contributed by atoms with Crippen molar-refractivity contribution in [3.63, 3.8) is 0 Å². The van der Waals surface area contributed by atoms with Crippen molar-refractivity contribution in [2.45, 2.75) is 24.3 Å². The van der Waals surface area contributed by atoms with Crippen LogP contribution >= 0.6 is 11.6 Å². The molecule has 1 saturated heterocycles. The van der Waals surface area contributed by atoms with Crippen LogP contribution in [0.3, 0.4) is 0 Å². The first kappa shape index (κ1) is 21.4. The van der Waals surface area contributed by atoms with E-state index in [1.165, 1.54) is 40.7 Å². The molecule has 1 fully saturated rings. The molecular weight excluding hydrogens is 418 g/mol. The zero-order valence-corrected chi connectivity index (χ0v) is 17.5. The smallest absolute Gasteiger partial charge is 0.255 e. The number of furan rings is 1. The molecule has 2 heterocycles. The van der Waals surface area contributed by atoms with E-state index < -0.39 is 15.9 Å². The SMILES string of the molecule is CN(CC(=O)NCc1ccco1)C(=O)c1cc(S(=O)(=O)N2CCCC2)ccc1Cl. The fraction of sp³-hybridized carbons (Fsp3) is 0.368. The van der Waals surface area contributed by atoms with E-state index >= 15 is 0 Å². The Balaban J connectivity index is 1.70. The van der Waals surface area contributed by atoms with Gasteiger partial charge in [0, 0.05) is 20.1 Å². The molecule has 0 bridgehead atoms. The zero-order valence-electron chi connectivity index (χ0n) is 15.9. The highest BCUT2D eigenvalue weighted by Gasteiger charge is 2.29. The third kappa shape index (κ3) is 4.98. The Bertz CT molecular complexity index is 985. The highest BCUT2D eigenvalue weighted by molar-refractivity contribution is 7.89. The van der Waals surface area contributed by atoms with Gasteiger partial charge in [0.1, 0.15) is 5.76 Å². The van der Waals surface area contributed by atoms with Crippen molar-refractivity contribution in [3.8, 4) is 0 Å². The van der Waals surface area contributed by atoms with Crippen LogP contribution in [0, 0.1) is 0 Å². The molecule has 1 aliphatic rings. The fourth-order valence-corrected chi connectivity index (χ4v) is 4.80. The Kier molecular flexibility index (Phi) is 6.61. The molecule has 10 heteroatoms. The van der Waals surface area contributed by atoms with E-state index in [1.807, 2.05) is 0 Å². The van der Waals surface area contributed by atoms with E-state index in [9.17, 15) is 18.0 Å². The number of nitrogens with zero attached hydrogens (tertiary/aromatic N) is 2. The maximum absolute atomic E-state index is 12.8. The van der Waals surface area contributed by atoms with Gasteiger partial charge in [-0.25, -0.2) is 8.42 Å². The number of nitrogens with one attached hydrogen (secondary N) is 1. The highest BCUT2D eigenvalue weighted by atomic mass is 35.5. The van der Waals surface area contributed by atoms with Gasteiger partial charge in [-0.1, -0.05) is 11.6 Å². The molecule has 1 aromatic carbocycles. The third-order valence-corrected chi connectivity index (χ3v) is 6.86. The molecule has 2 amide bonds. The van der Waals surface area contributed by atoms with Gasteiger partial charge in [0.2, 0.25) is 15.9 Å². The number of halogens is 1. The summed E-state index contributed by atoms with van der Waals surface area (Å²) in [6, 6.07) is 7.49. The van der Waals surface area contributed by atoms with Gasteiger partial charge in [-0.15, -0.1) is 0 Å². The minimum absolute atomic E-state index is 0.0165. The number of benzene rings is 1. The van der Waals surface area contributed by atoms with Gasteiger partial charge in [0.05, 0.1) is 34.8 Å². The first-order valence-corrected chi connectivity index (χ1v) is 10.9. The zero-order chi connectivity index (χ0) is 21.0. The van der Waals surface area contributed by atoms with E-state index in [2.05, 4.69) is 5.32 Å². The Labute approximate surface area is 174 Å². The molecule has 1 aliphatic heterocycles. The predicted octanol–water partition coefficient (Wildman–Crippen LogP) is 2.11. The molecule has 0 radical (unpaired) electrons. The number of rotatable bonds is 7. The molecule has 0 saturated carbocycles. The maximum atomic E-state index is 12.8. The fourth-order valence-electron chi connectivity index (χ4n) is 3.05.